The second-order valence-electron chi connectivity index (χ2n) is 8.12. The molecule has 4 aromatic rings. The number of nitrogens with zero attached hydrogens (tertiary/aromatic N) is 5. The van der Waals surface area contributed by atoms with Crippen LogP contribution in [0.25, 0.3) is 22.6 Å². The molecule has 1 aliphatic rings. The first-order valence-electron chi connectivity index (χ1n) is 12.3. The van der Waals surface area contributed by atoms with Crippen molar-refractivity contribution in [2.24, 2.45) is 0 Å². The van der Waals surface area contributed by atoms with Gasteiger partial charge in [-0.1, -0.05) is 34.8 Å². The number of halogens is 3. The van der Waals surface area contributed by atoms with E-state index in [-0.39, 0.29) is 29.4 Å². The molecule has 37 heavy (non-hydrogen) atoms. The predicted molar refractivity (Wildman–Crippen MR) is 137 cm³/mol. The molecule has 0 unspecified atom stereocenters. The number of pyridine rings is 1. The van der Waals surface area contributed by atoms with Crippen molar-refractivity contribution in [3.63, 3.8) is 0 Å². The van der Waals surface area contributed by atoms with Gasteiger partial charge in [-0.15, -0.1) is 0 Å². The molecule has 4 atom stereocenters. The Labute approximate surface area is 229 Å². The van der Waals surface area contributed by atoms with Crippen molar-refractivity contribution in [3.05, 3.63) is 63.6 Å². The summed E-state index contributed by atoms with van der Waals surface area (Å²) in [5.41, 5.74) is 1.58. The predicted octanol–water partition coefficient (Wildman–Crippen LogP) is 2.83. The van der Waals surface area contributed by atoms with Crippen LogP contribution in [0.2, 0.25) is 15.1 Å². The fourth-order valence-electron chi connectivity index (χ4n) is 3.92. The number of aliphatic hydroxyl groups excluding tert-OH is 2. The van der Waals surface area contributed by atoms with E-state index < -0.39 is 37.4 Å². The molecule has 5 rings (SSSR count). The number of benzene rings is 1. The van der Waals surface area contributed by atoms with E-state index in [0.29, 0.717) is 26.2 Å². The maximum atomic E-state index is 12.4. The normalized spacial score (nSPS) is 22.9. The van der Waals surface area contributed by atoms with Crippen LogP contribution in [0, 0.1) is 0 Å². The Bertz CT molecular complexity index is 1590. The Morgan fingerprint density at radius 2 is 2.00 bits per heavy atom. The minimum atomic E-state index is -2.82. The molecule has 0 aliphatic carbocycles. The summed E-state index contributed by atoms with van der Waals surface area (Å²) in [6, 6.07) is 6.63. The lowest BCUT2D eigenvalue weighted by atomic mass is 10.1. The summed E-state index contributed by atoms with van der Waals surface area (Å²) in [6.07, 6.45) is -2.12. The van der Waals surface area contributed by atoms with E-state index in [4.69, 9.17) is 43.7 Å². The monoisotopic (exact) mass is 566 g/mol. The van der Waals surface area contributed by atoms with Crippen molar-refractivity contribution in [3.8, 4) is 11.4 Å². The number of amides is 1. The molecule has 4 N–H and O–H groups in total. The molecule has 1 saturated heterocycles. The van der Waals surface area contributed by atoms with Crippen molar-refractivity contribution in [2.75, 3.05) is 12.3 Å². The van der Waals surface area contributed by atoms with Gasteiger partial charge >= 0.3 is 0 Å². The molecule has 0 spiro atoms. The van der Waals surface area contributed by atoms with Crippen LogP contribution in [0.5, 0.6) is 0 Å². The number of nitrogens with one attached hydrogen (secondary N) is 2. The van der Waals surface area contributed by atoms with Gasteiger partial charge in [0.05, 0.1) is 11.3 Å². The molecular formula is C23H20Cl3N7O4. The number of hydrogen-bond donors (Lipinski definition) is 4. The van der Waals surface area contributed by atoms with Crippen molar-refractivity contribution in [1.82, 2.24) is 29.8 Å². The zero-order chi connectivity index (χ0) is 28.8. The zero-order valence-corrected chi connectivity index (χ0v) is 20.9. The number of imidazole rings is 1. The number of fused-ring (bicyclic) bond motifs is 1. The van der Waals surface area contributed by atoms with E-state index in [1.807, 2.05) is 0 Å². The van der Waals surface area contributed by atoms with E-state index in [9.17, 15) is 15.0 Å². The Kier molecular flexibility index (Phi) is 6.15. The standard InChI is InChI=1S/C23H20Cl3N7O4/c1-27-22(36)18-16(34)17(35)23(37-18)33-9-30-15-20(29-7-10-4-12(24)2-3-14(10)26)31-19(32-21(15)33)11-5-13(25)8-28-6-11/h2-6,8-9,16-18,23,34-35H,7H2,1H3,(H,27,36)(H,29,31,32)/t16-,17+,18-,23+/m0/s1/i1D3. The molecule has 0 saturated carbocycles. The first-order valence-corrected chi connectivity index (χ1v) is 11.9. The molecule has 1 aromatic carbocycles. The number of rotatable bonds is 6. The third-order valence-electron chi connectivity index (χ3n) is 5.73. The average Bonchev–Trinajstić information content (AvgIpc) is 3.44. The number of likely N-dealkylation sites (N-methyl/N-ethyl adjacent to an activating group) is 1. The van der Waals surface area contributed by atoms with E-state index in [0.717, 1.165) is 0 Å². The minimum absolute atomic E-state index is 0.165. The molecule has 3 aromatic heterocycles. The lowest BCUT2D eigenvalue weighted by molar-refractivity contribution is -0.137. The van der Waals surface area contributed by atoms with Crippen LogP contribution in [-0.2, 0) is 16.1 Å². The topological polar surface area (TPSA) is 147 Å². The van der Waals surface area contributed by atoms with Crippen molar-refractivity contribution in [1.29, 1.82) is 0 Å². The van der Waals surface area contributed by atoms with E-state index >= 15 is 0 Å². The second kappa shape index (κ2) is 10.4. The van der Waals surface area contributed by atoms with Gasteiger partial charge < -0.3 is 25.6 Å². The molecule has 4 heterocycles. The number of carbonyl (C=O) groups excluding carboxylic acids is 1. The number of carbonyl (C=O) groups is 1. The summed E-state index contributed by atoms with van der Waals surface area (Å²) in [5.74, 6) is -0.646. The van der Waals surface area contributed by atoms with Gasteiger partial charge in [-0.3, -0.25) is 14.3 Å². The van der Waals surface area contributed by atoms with Gasteiger partial charge in [-0.25, -0.2) is 15.0 Å². The number of ether oxygens (including phenoxy) is 1. The first kappa shape index (κ1) is 22.0. The molecule has 1 fully saturated rings. The van der Waals surface area contributed by atoms with Crippen LogP contribution in [0.15, 0.2) is 43.0 Å². The Hall–Kier alpha value is -3.06. The summed E-state index contributed by atoms with van der Waals surface area (Å²) >= 11 is 18.6. The number of anilines is 1. The second-order valence-corrected chi connectivity index (χ2v) is 9.40. The third kappa shape index (κ3) is 4.93. The number of aliphatic hydroxyl groups is 2. The lowest BCUT2D eigenvalue weighted by Crippen LogP contribution is -2.41. The van der Waals surface area contributed by atoms with Crippen molar-refractivity contribution in [2.45, 2.75) is 31.1 Å². The fourth-order valence-corrected chi connectivity index (χ4v) is 4.48. The molecule has 192 valence electrons. The Morgan fingerprint density at radius 3 is 2.78 bits per heavy atom. The molecular weight excluding hydrogens is 545 g/mol. The van der Waals surface area contributed by atoms with Crippen LogP contribution >= 0.6 is 34.8 Å². The SMILES string of the molecule is [2H]C([2H])([2H])NC(=O)[C@H]1O[C@@H](n2cnc3c(NCc4cc(Cl)ccc4Cl)nc(-c4cncc(Cl)c4)nc32)[C@H](O)[C@@H]1O. The maximum Gasteiger partial charge on any atom is 0.251 e. The molecule has 11 nitrogen and oxygen atoms in total. The highest BCUT2D eigenvalue weighted by Gasteiger charge is 2.47. The van der Waals surface area contributed by atoms with Crippen LogP contribution in [0.1, 0.15) is 15.9 Å². The van der Waals surface area contributed by atoms with Crippen molar-refractivity contribution >= 4 is 57.7 Å². The van der Waals surface area contributed by atoms with E-state index in [1.165, 1.54) is 23.3 Å². The molecule has 1 aliphatic heterocycles. The summed E-state index contributed by atoms with van der Waals surface area (Å²) in [7, 11) is 0. The van der Waals surface area contributed by atoms with E-state index in [1.54, 1.807) is 29.6 Å². The first-order chi connectivity index (χ1) is 18.9. The summed E-state index contributed by atoms with van der Waals surface area (Å²) in [6.45, 7) is -2.60. The average molecular weight is 568 g/mol. The fraction of sp³-hybridized carbons (Fsp3) is 0.261. The van der Waals surface area contributed by atoms with Gasteiger partial charge in [0, 0.05) is 45.6 Å². The van der Waals surface area contributed by atoms with Gasteiger partial charge in [0.15, 0.2) is 35.1 Å². The molecule has 14 heteroatoms. The molecule has 0 radical (unpaired) electrons. The van der Waals surface area contributed by atoms with Crippen LogP contribution in [0.4, 0.5) is 5.82 Å². The maximum absolute atomic E-state index is 12.4. The minimum Gasteiger partial charge on any atom is -0.387 e. The number of aromatic nitrogens is 5. The van der Waals surface area contributed by atoms with E-state index in [2.05, 4.69) is 25.3 Å². The highest BCUT2D eigenvalue weighted by atomic mass is 35.5. The number of hydrogen-bond acceptors (Lipinski definition) is 9. The zero-order valence-electron chi connectivity index (χ0n) is 21.6. The van der Waals surface area contributed by atoms with Gasteiger partial charge in [0.25, 0.3) is 5.91 Å². The molecule has 0 bridgehead atoms. The van der Waals surface area contributed by atoms with Crippen molar-refractivity contribution < 1.29 is 23.9 Å². The van der Waals surface area contributed by atoms with Gasteiger partial charge in [-0.2, -0.15) is 0 Å². The lowest BCUT2D eigenvalue weighted by Gasteiger charge is -2.17. The van der Waals surface area contributed by atoms with Gasteiger partial charge in [0.2, 0.25) is 0 Å². The van der Waals surface area contributed by atoms with Gasteiger partial charge in [-0.05, 0) is 29.8 Å². The molecule has 1 amide bonds. The third-order valence-corrected chi connectivity index (χ3v) is 6.54. The van der Waals surface area contributed by atoms with Crippen LogP contribution in [0.3, 0.4) is 0 Å². The highest BCUT2D eigenvalue weighted by molar-refractivity contribution is 6.33. The van der Waals surface area contributed by atoms with Crippen LogP contribution in [-0.4, -0.2) is 65.9 Å². The Balaban J connectivity index is 1.55. The van der Waals surface area contributed by atoms with Gasteiger partial charge in [0.1, 0.15) is 12.2 Å². The Morgan fingerprint density at radius 1 is 1.16 bits per heavy atom. The summed E-state index contributed by atoms with van der Waals surface area (Å²) in [5, 5.41) is 27.5. The largest absolute Gasteiger partial charge is 0.387 e. The summed E-state index contributed by atoms with van der Waals surface area (Å²) in [4.78, 5) is 30.0. The quantitative estimate of drug-likeness (QED) is 0.276. The smallest absolute Gasteiger partial charge is 0.251 e. The highest BCUT2D eigenvalue weighted by Crippen LogP contribution is 2.34. The summed E-state index contributed by atoms with van der Waals surface area (Å²) < 4.78 is 28.7. The van der Waals surface area contributed by atoms with Crippen LogP contribution < -0.4 is 10.6 Å².